The second kappa shape index (κ2) is 8.43. The van der Waals surface area contributed by atoms with Crippen LogP contribution in [0.1, 0.15) is 12.5 Å². The molecule has 5 N–H and O–H groups in total. The first-order valence-electron chi connectivity index (χ1n) is 7.74. The summed E-state index contributed by atoms with van der Waals surface area (Å²) in [7, 11) is -3.78. The molecule has 2 aromatic carbocycles. The Kier molecular flexibility index (Phi) is 6.27. The Bertz CT molecular complexity index is 954. The number of carbonyl (C=O) groups excluding carboxylic acids is 3. The van der Waals surface area contributed by atoms with E-state index in [0.29, 0.717) is 16.9 Å². The number of anilines is 2. The summed E-state index contributed by atoms with van der Waals surface area (Å²) in [6.07, 6.45) is 0. The van der Waals surface area contributed by atoms with Crippen LogP contribution in [-0.2, 0) is 31.0 Å². The predicted octanol–water partition coefficient (Wildman–Crippen LogP) is 0.547. The smallest absolute Gasteiger partial charge is 0.313 e. The van der Waals surface area contributed by atoms with Crippen molar-refractivity contribution in [3.63, 3.8) is 0 Å². The van der Waals surface area contributed by atoms with Gasteiger partial charge in [0, 0.05) is 24.8 Å². The molecule has 9 nitrogen and oxygen atoms in total. The third-order valence-electron chi connectivity index (χ3n) is 3.37. The largest absolute Gasteiger partial charge is 0.344 e. The molecule has 0 aliphatic heterocycles. The van der Waals surface area contributed by atoms with E-state index in [1.54, 1.807) is 24.3 Å². The molecule has 0 fully saturated rings. The number of hydrogen-bond acceptors (Lipinski definition) is 5. The van der Waals surface area contributed by atoms with Crippen molar-refractivity contribution in [1.82, 2.24) is 5.32 Å². The second-order valence-electron chi connectivity index (χ2n) is 5.58. The van der Waals surface area contributed by atoms with Gasteiger partial charge < -0.3 is 16.0 Å². The SMILES string of the molecule is CC(=O)Nc1ccc(NC(=O)C(=O)NCc2ccc(S(N)(=O)=O)cc2)cc1. The number of nitrogens with two attached hydrogens (primary N) is 1. The fraction of sp³-hybridized carbons (Fsp3) is 0.118. The normalized spacial score (nSPS) is 10.7. The van der Waals surface area contributed by atoms with Crippen LogP contribution in [0.2, 0.25) is 0 Å². The first-order valence-corrected chi connectivity index (χ1v) is 9.28. The van der Waals surface area contributed by atoms with E-state index >= 15 is 0 Å². The van der Waals surface area contributed by atoms with E-state index < -0.39 is 21.8 Å². The Hall–Kier alpha value is -3.24. The molecule has 0 unspecified atom stereocenters. The molecule has 0 atom stereocenters. The van der Waals surface area contributed by atoms with Crippen LogP contribution < -0.4 is 21.1 Å². The maximum Gasteiger partial charge on any atom is 0.313 e. The lowest BCUT2D eigenvalue weighted by atomic mass is 10.2. The first kappa shape index (κ1) is 20.1. The van der Waals surface area contributed by atoms with Crippen LogP contribution in [-0.4, -0.2) is 26.1 Å². The highest BCUT2D eigenvalue weighted by Crippen LogP contribution is 2.13. The molecule has 27 heavy (non-hydrogen) atoms. The van der Waals surface area contributed by atoms with Crippen molar-refractivity contribution in [2.24, 2.45) is 5.14 Å². The van der Waals surface area contributed by atoms with Crippen LogP contribution >= 0.6 is 0 Å². The molecule has 10 heteroatoms. The number of primary sulfonamides is 1. The van der Waals surface area contributed by atoms with E-state index in [1.807, 2.05) is 0 Å². The summed E-state index contributed by atoms with van der Waals surface area (Å²) in [6.45, 7) is 1.42. The minimum Gasteiger partial charge on any atom is -0.344 e. The molecule has 0 radical (unpaired) electrons. The van der Waals surface area contributed by atoms with E-state index in [0.717, 1.165) is 0 Å². The fourth-order valence-corrected chi connectivity index (χ4v) is 2.60. The van der Waals surface area contributed by atoms with Crippen molar-refractivity contribution in [1.29, 1.82) is 0 Å². The fourth-order valence-electron chi connectivity index (χ4n) is 2.09. The van der Waals surface area contributed by atoms with E-state index in [4.69, 9.17) is 5.14 Å². The number of hydrogen-bond donors (Lipinski definition) is 4. The van der Waals surface area contributed by atoms with Gasteiger partial charge in [0.05, 0.1) is 4.90 Å². The third-order valence-corrected chi connectivity index (χ3v) is 4.30. The lowest BCUT2D eigenvalue weighted by Crippen LogP contribution is -2.34. The minimum absolute atomic E-state index is 0.0403. The van der Waals surface area contributed by atoms with Crippen molar-refractivity contribution in [3.05, 3.63) is 54.1 Å². The van der Waals surface area contributed by atoms with Crippen LogP contribution in [0.4, 0.5) is 11.4 Å². The summed E-state index contributed by atoms with van der Waals surface area (Å²) >= 11 is 0. The van der Waals surface area contributed by atoms with Crippen LogP contribution in [0.25, 0.3) is 0 Å². The maximum absolute atomic E-state index is 11.9. The number of sulfonamides is 1. The van der Waals surface area contributed by atoms with Crippen molar-refractivity contribution in [2.75, 3.05) is 10.6 Å². The van der Waals surface area contributed by atoms with Gasteiger partial charge in [0.1, 0.15) is 0 Å². The molecule has 0 aromatic heterocycles. The summed E-state index contributed by atoms with van der Waals surface area (Å²) in [5, 5.41) is 12.4. The number of amides is 3. The third kappa shape index (κ3) is 6.20. The molecule has 3 amide bonds. The van der Waals surface area contributed by atoms with Gasteiger partial charge in [0.15, 0.2) is 0 Å². The van der Waals surface area contributed by atoms with Gasteiger partial charge in [-0.3, -0.25) is 14.4 Å². The van der Waals surface area contributed by atoms with Crippen molar-refractivity contribution in [2.45, 2.75) is 18.4 Å². The van der Waals surface area contributed by atoms with Gasteiger partial charge in [-0.25, -0.2) is 13.6 Å². The zero-order valence-corrected chi connectivity index (χ0v) is 15.2. The summed E-state index contributed by atoms with van der Waals surface area (Å²) in [5.41, 5.74) is 1.55. The van der Waals surface area contributed by atoms with Crippen molar-refractivity contribution in [3.8, 4) is 0 Å². The zero-order valence-electron chi connectivity index (χ0n) is 14.4. The number of rotatable bonds is 5. The first-order chi connectivity index (χ1) is 12.6. The molecule has 2 aromatic rings. The molecule has 142 valence electrons. The minimum atomic E-state index is -3.78. The highest BCUT2D eigenvalue weighted by atomic mass is 32.2. The van der Waals surface area contributed by atoms with Gasteiger partial charge in [-0.1, -0.05) is 12.1 Å². The standard InChI is InChI=1S/C17H18N4O5S/c1-11(22)20-13-4-6-14(7-5-13)21-17(24)16(23)19-10-12-2-8-15(9-3-12)27(18,25)26/h2-9H,10H2,1H3,(H,19,23)(H,20,22)(H,21,24)(H2,18,25,26). The van der Waals surface area contributed by atoms with Crippen LogP contribution in [0.15, 0.2) is 53.4 Å². The van der Waals surface area contributed by atoms with E-state index in [-0.39, 0.29) is 17.3 Å². The average molecular weight is 390 g/mol. The lowest BCUT2D eigenvalue weighted by Gasteiger charge is -2.08. The number of carbonyl (C=O) groups is 3. The van der Waals surface area contributed by atoms with Gasteiger partial charge in [0.25, 0.3) is 0 Å². The van der Waals surface area contributed by atoms with Crippen LogP contribution in [0.5, 0.6) is 0 Å². The lowest BCUT2D eigenvalue weighted by molar-refractivity contribution is -0.136. The topological polar surface area (TPSA) is 147 Å². The highest BCUT2D eigenvalue weighted by Gasteiger charge is 2.14. The van der Waals surface area contributed by atoms with Gasteiger partial charge in [-0.2, -0.15) is 0 Å². The Labute approximate surface area is 156 Å². The molecular weight excluding hydrogens is 372 g/mol. The zero-order chi connectivity index (χ0) is 20.0. The molecular formula is C17H18N4O5S. The molecule has 0 aliphatic carbocycles. The molecule has 0 spiro atoms. The van der Waals surface area contributed by atoms with E-state index in [1.165, 1.54) is 31.2 Å². The summed E-state index contributed by atoms with van der Waals surface area (Å²) in [5.74, 6) is -1.93. The van der Waals surface area contributed by atoms with Crippen molar-refractivity contribution >= 4 is 39.1 Å². The van der Waals surface area contributed by atoms with Gasteiger partial charge in [0.2, 0.25) is 15.9 Å². The average Bonchev–Trinajstić information content (AvgIpc) is 2.60. The Morgan fingerprint density at radius 2 is 1.37 bits per heavy atom. The quantitative estimate of drug-likeness (QED) is 0.550. The van der Waals surface area contributed by atoms with Crippen LogP contribution in [0, 0.1) is 0 Å². The second-order valence-corrected chi connectivity index (χ2v) is 7.15. The highest BCUT2D eigenvalue weighted by molar-refractivity contribution is 7.89. The molecule has 0 bridgehead atoms. The summed E-state index contributed by atoms with van der Waals surface area (Å²) < 4.78 is 22.4. The van der Waals surface area contributed by atoms with Crippen molar-refractivity contribution < 1.29 is 22.8 Å². The van der Waals surface area contributed by atoms with E-state index in [9.17, 15) is 22.8 Å². The van der Waals surface area contributed by atoms with Gasteiger partial charge in [-0.15, -0.1) is 0 Å². The summed E-state index contributed by atoms with van der Waals surface area (Å²) in [6, 6.07) is 11.9. The number of nitrogens with one attached hydrogen (secondary N) is 3. The Balaban J connectivity index is 1.88. The Morgan fingerprint density at radius 1 is 0.852 bits per heavy atom. The van der Waals surface area contributed by atoms with Gasteiger partial charge >= 0.3 is 11.8 Å². The maximum atomic E-state index is 11.9. The van der Waals surface area contributed by atoms with E-state index in [2.05, 4.69) is 16.0 Å². The molecule has 0 saturated heterocycles. The predicted molar refractivity (Wildman–Crippen MR) is 99.0 cm³/mol. The molecule has 0 saturated carbocycles. The molecule has 0 heterocycles. The van der Waals surface area contributed by atoms with Gasteiger partial charge in [-0.05, 0) is 42.0 Å². The Morgan fingerprint density at radius 3 is 1.85 bits per heavy atom. The number of benzene rings is 2. The monoisotopic (exact) mass is 390 g/mol. The molecule has 0 aliphatic rings. The molecule has 2 rings (SSSR count). The summed E-state index contributed by atoms with van der Waals surface area (Å²) in [4.78, 5) is 34.7. The van der Waals surface area contributed by atoms with Crippen LogP contribution in [0.3, 0.4) is 0 Å².